The van der Waals surface area contributed by atoms with Crippen LogP contribution in [0, 0.1) is 17.3 Å². The van der Waals surface area contributed by atoms with Gasteiger partial charge in [-0.15, -0.1) is 0 Å². The molecule has 0 saturated heterocycles. The van der Waals surface area contributed by atoms with E-state index in [1.165, 1.54) is 0 Å². The summed E-state index contributed by atoms with van der Waals surface area (Å²) in [6.45, 7) is 1.59. The van der Waals surface area contributed by atoms with Crippen molar-refractivity contribution in [3.63, 3.8) is 0 Å². The number of nitrogens with zero attached hydrogens (tertiary/aromatic N) is 3. The molecule has 0 aromatic carbocycles. The molecule has 2 aliphatic carbocycles. The summed E-state index contributed by atoms with van der Waals surface area (Å²) < 4.78 is 85.6. The second kappa shape index (κ2) is 11.1. The van der Waals surface area contributed by atoms with E-state index in [0.717, 1.165) is 12.4 Å². The molecule has 16 heteroatoms. The predicted molar refractivity (Wildman–Crippen MR) is 133 cm³/mol. The summed E-state index contributed by atoms with van der Waals surface area (Å²) in [5, 5.41) is 14.6. The van der Waals surface area contributed by atoms with Gasteiger partial charge in [-0.1, -0.05) is 30.1 Å². The minimum atomic E-state index is -5.12. The van der Waals surface area contributed by atoms with Crippen LogP contribution in [-0.2, 0) is 11.0 Å². The molecule has 8 nitrogen and oxygen atoms in total. The van der Waals surface area contributed by atoms with Gasteiger partial charge in [0.15, 0.2) is 11.5 Å². The standard InChI is InChI=1S/C25H24Cl2F6N4O4/c1-11-6-12(2-3-13(11)22(40)41)37-20(24(28,29)30)14(8-35-37)21(39)36-18(23(4-5-23)25(31,32)33)7-17(38)19-15(26)9-34-10-16(19)27/h8-13,18H,2-7H2,1H3,(H,36,39)(H,40,41)/t11-,12+,13+,18?/m1/s1. The third kappa shape index (κ3) is 6.04. The lowest BCUT2D eigenvalue weighted by molar-refractivity contribution is -0.194. The number of aliphatic carboxylic acids is 1. The molecule has 1 amide bonds. The van der Waals surface area contributed by atoms with Crippen molar-refractivity contribution in [1.82, 2.24) is 20.1 Å². The van der Waals surface area contributed by atoms with Gasteiger partial charge >= 0.3 is 18.3 Å². The van der Waals surface area contributed by atoms with Crippen LogP contribution < -0.4 is 5.32 Å². The first-order valence-corrected chi connectivity index (χ1v) is 13.3. The maximum atomic E-state index is 14.2. The number of pyridine rings is 1. The van der Waals surface area contributed by atoms with Crippen molar-refractivity contribution in [3.8, 4) is 0 Å². The van der Waals surface area contributed by atoms with Crippen molar-refractivity contribution in [2.24, 2.45) is 17.3 Å². The van der Waals surface area contributed by atoms with Gasteiger partial charge in [0.25, 0.3) is 5.91 Å². The minimum Gasteiger partial charge on any atom is -0.481 e. The van der Waals surface area contributed by atoms with Gasteiger partial charge in [-0.2, -0.15) is 31.4 Å². The number of carbonyl (C=O) groups is 3. The molecule has 2 saturated carbocycles. The lowest BCUT2D eigenvalue weighted by Gasteiger charge is -2.33. The fourth-order valence-corrected chi connectivity index (χ4v) is 6.17. The van der Waals surface area contributed by atoms with Crippen molar-refractivity contribution in [2.75, 3.05) is 0 Å². The Balaban J connectivity index is 1.66. The van der Waals surface area contributed by atoms with E-state index in [-0.39, 0.29) is 34.9 Å². The first kappa shape index (κ1) is 31.1. The van der Waals surface area contributed by atoms with Gasteiger partial charge in [0, 0.05) is 18.8 Å². The molecule has 4 atom stereocenters. The summed E-state index contributed by atoms with van der Waals surface area (Å²) in [6.07, 6.45) is -8.98. The largest absolute Gasteiger partial charge is 0.481 e. The van der Waals surface area contributed by atoms with E-state index in [1.54, 1.807) is 6.92 Å². The summed E-state index contributed by atoms with van der Waals surface area (Å²) in [7, 11) is 0. The molecule has 2 aromatic rings. The Hall–Kier alpha value is -2.87. The van der Waals surface area contributed by atoms with Crippen molar-refractivity contribution < 1.29 is 45.8 Å². The van der Waals surface area contributed by atoms with Crippen molar-refractivity contribution in [2.45, 2.75) is 69.9 Å². The molecule has 0 bridgehead atoms. The smallest absolute Gasteiger partial charge is 0.433 e. The van der Waals surface area contributed by atoms with Crippen LogP contribution in [0.2, 0.25) is 10.0 Å². The van der Waals surface area contributed by atoms with Crippen LogP contribution in [0.5, 0.6) is 0 Å². The second-order valence-electron chi connectivity index (χ2n) is 10.5. The Morgan fingerprint density at radius 1 is 1.10 bits per heavy atom. The highest BCUT2D eigenvalue weighted by Gasteiger charge is 2.67. The molecule has 0 aliphatic heterocycles. The number of ketones is 1. The van der Waals surface area contributed by atoms with Gasteiger partial charge in [0.1, 0.15) is 0 Å². The number of amides is 1. The number of carbonyl (C=O) groups excluding carboxylic acids is 2. The van der Waals surface area contributed by atoms with Crippen molar-refractivity contribution in [3.05, 3.63) is 45.5 Å². The molecular weight excluding hydrogens is 605 g/mol. The number of rotatable bonds is 8. The molecule has 1 unspecified atom stereocenters. The highest BCUT2D eigenvalue weighted by Crippen LogP contribution is 2.60. The maximum Gasteiger partial charge on any atom is 0.433 e. The van der Waals surface area contributed by atoms with E-state index >= 15 is 0 Å². The van der Waals surface area contributed by atoms with Crippen LogP contribution in [0.25, 0.3) is 0 Å². The molecule has 224 valence electrons. The second-order valence-corrected chi connectivity index (χ2v) is 11.3. The fourth-order valence-electron chi connectivity index (χ4n) is 5.59. The normalized spacial score (nSPS) is 23.1. The molecule has 41 heavy (non-hydrogen) atoms. The number of hydrogen-bond donors (Lipinski definition) is 2. The number of aromatic nitrogens is 3. The van der Waals surface area contributed by atoms with Gasteiger partial charge in [0.2, 0.25) is 0 Å². The molecule has 4 rings (SSSR count). The summed E-state index contributed by atoms with van der Waals surface area (Å²) in [5.74, 6) is -4.76. The number of carboxylic acid groups (broad SMARTS) is 1. The molecule has 2 aromatic heterocycles. The first-order chi connectivity index (χ1) is 19.0. The summed E-state index contributed by atoms with van der Waals surface area (Å²) in [4.78, 5) is 41.3. The van der Waals surface area contributed by atoms with Gasteiger partial charge < -0.3 is 10.4 Å². The van der Waals surface area contributed by atoms with Crippen molar-refractivity contribution >= 4 is 40.9 Å². The Kier molecular flexibility index (Phi) is 8.40. The quantitative estimate of drug-likeness (QED) is 0.259. The molecular formula is C25H24Cl2F6N4O4. The Labute approximate surface area is 239 Å². The SMILES string of the molecule is C[C@@H]1C[C@@H](n2ncc(C(=O)NC(CC(=O)c3c(Cl)cncc3Cl)C3(C(F)(F)F)CC3)c2C(F)(F)F)CC[C@@H]1C(=O)O. The zero-order valence-corrected chi connectivity index (χ0v) is 22.8. The molecule has 2 heterocycles. The molecule has 0 radical (unpaired) electrons. The third-order valence-corrected chi connectivity index (χ3v) is 8.53. The number of hydrogen-bond acceptors (Lipinski definition) is 5. The number of halogens is 8. The summed E-state index contributed by atoms with van der Waals surface area (Å²) in [5.41, 5.74) is -5.34. The highest BCUT2D eigenvalue weighted by molar-refractivity contribution is 6.39. The van der Waals surface area contributed by atoms with Crippen LogP contribution in [0.3, 0.4) is 0 Å². The first-order valence-electron chi connectivity index (χ1n) is 12.5. The molecule has 2 N–H and O–H groups in total. The lowest BCUT2D eigenvalue weighted by Crippen LogP contribution is -2.49. The van der Waals surface area contributed by atoms with Crippen LogP contribution in [0.1, 0.15) is 77.9 Å². The number of nitrogens with one attached hydrogen (secondary N) is 1. The molecule has 2 aliphatic rings. The van der Waals surface area contributed by atoms with Crippen LogP contribution in [0.4, 0.5) is 26.3 Å². The highest BCUT2D eigenvalue weighted by atomic mass is 35.5. The third-order valence-electron chi connectivity index (χ3n) is 7.96. The van der Waals surface area contributed by atoms with E-state index in [2.05, 4.69) is 10.1 Å². The van der Waals surface area contributed by atoms with E-state index in [4.69, 9.17) is 23.2 Å². The monoisotopic (exact) mass is 628 g/mol. The van der Waals surface area contributed by atoms with Gasteiger partial charge in [-0.3, -0.25) is 24.0 Å². The Morgan fingerprint density at radius 3 is 2.20 bits per heavy atom. The molecule has 0 spiro atoms. The van der Waals surface area contributed by atoms with E-state index in [1.807, 2.05) is 5.32 Å². The number of carboxylic acids is 1. The van der Waals surface area contributed by atoms with Gasteiger partial charge in [0.05, 0.1) is 50.8 Å². The van der Waals surface area contributed by atoms with E-state index < -0.39 is 89.9 Å². The average Bonchev–Trinajstić information content (AvgIpc) is 3.54. The summed E-state index contributed by atoms with van der Waals surface area (Å²) in [6, 6.07) is -2.82. The van der Waals surface area contributed by atoms with Crippen LogP contribution in [-0.4, -0.2) is 49.7 Å². The van der Waals surface area contributed by atoms with Crippen LogP contribution >= 0.6 is 23.2 Å². The number of Topliss-reactive ketones (excluding diaryl/α,β-unsaturated/α-hetero) is 1. The topological polar surface area (TPSA) is 114 Å². The zero-order valence-electron chi connectivity index (χ0n) is 21.3. The maximum absolute atomic E-state index is 14.2. The number of alkyl halides is 6. The van der Waals surface area contributed by atoms with E-state index in [0.29, 0.717) is 10.9 Å². The van der Waals surface area contributed by atoms with Gasteiger partial charge in [-0.25, -0.2) is 0 Å². The molecule has 2 fully saturated rings. The Bertz CT molecular complexity index is 1340. The minimum absolute atomic E-state index is 0.0323. The van der Waals surface area contributed by atoms with Crippen LogP contribution in [0.15, 0.2) is 18.6 Å². The zero-order chi connectivity index (χ0) is 30.5. The predicted octanol–water partition coefficient (Wildman–Crippen LogP) is 6.38. The fraction of sp³-hybridized carbons (Fsp3) is 0.560. The van der Waals surface area contributed by atoms with E-state index in [9.17, 15) is 45.8 Å². The van der Waals surface area contributed by atoms with Crippen molar-refractivity contribution in [1.29, 1.82) is 0 Å². The Morgan fingerprint density at radius 2 is 1.71 bits per heavy atom. The van der Waals surface area contributed by atoms with Gasteiger partial charge in [-0.05, 0) is 38.0 Å². The average molecular weight is 629 g/mol. The lowest BCUT2D eigenvalue weighted by atomic mass is 9.78. The summed E-state index contributed by atoms with van der Waals surface area (Å²) >= 11 is 11.9.